The molecule has 0 saturated carbocycles. The van der Waals surface area contributed by atoms with Gasteiger partial charge in [-0.15, -0.1) is 0 Å². The second-order valence-electron chi connectivity index (χ2n) is 5.43. The van der Waals surface area contributed by atoms with E-state index < -0.39 is 12.4 Å². The van der Waals surface area contributed by atoms with Crippen molar-refractivity contribution >= 4 is 6.09 Å². The molecule has 1 amide bonds. The molecule has 2 N–H and O–H groups in total. The van der Waals surface area contributed by atoms with Gasteiger partial charge in [-0.2, -0.15) is 0 Å². The fraction of sp³-hybridized carbons (Fsp3) is 0.421. The van der Waals surface area contributed by atoms with Crippen molar-refractivity contribution in [2.75, 3.05) is 6.61 Å². The number of benzene rings is 1. The van der Waals surface area contributed by atoms with Crippen LogP contribution in [0.5, 0.6) is 0 Å². The zero-order chi connectivity index (χ0) is 17.8. The van der Waals surface area contributed by atoms with Gasteiger partial charge in [-0.1, -0.05) is 49.4 Å². The van der Waals surface area contributed by atoms with Gasteiger partial charge in [0.2, 0.25) is 0 Å². The highest BCUT2D eigenvalue weighted by Crippen LogP contribution is 2.11. The first-order valence-corrected chi connectivity index (χ1v) is 8.17. The SMILES string of the molecule is C/C=C\C(=C/C(C)CC(O)OCC)NC(=O)OCc1ccccc1. The molecular formula is C19H27NO4. The van der Waals surface area contributed by atoms with Crippen molar-refractivity contribution in [3.8, 4) is 0 Å². The van der Waals surface area contributed by atoms with Gasteiger partial charge in [0, 0.05) is 18.7 Å². The number of aliphatic hydroxyl groups excluding tert-OH is 1. The molecule has 1 aromatic carbocycles. The molecule has 0 aromatic heterocycles. The van der Waals surface area contributed by atoms with Crippen molar-refractivity contribution in [2.45, 2.75) is 40.1 Å². The third-order valence-corrected chi connectivity index (χ3v) is 3.20. The quantitative estimate of drug-likeness (QED) is 0.533. The molecule has 0 bridgehead atoms. The number of hydrogen-bond acceptors (Lipinski definition) is 4. The first-order chi connectivity index (χ1) is 11.5. The standard InChI is InChI=1S/C19H27NO4/c1-4-9-17(12-15(3)13-18(21)23-5-2)20-19(22)24-14-16-10-7-6-8-11-16/h4,6-12,15,18,21H,5,13-14H2,1-3H3,(H,20,22)/b9-4-,17-12+. The molecule has 0 aliphatic rings. The lowest BCUT2D eigenvalue weighted by atomic mass is 10.1. The Morgan fingerprint density at radius 3 is 2.67 bits per heavy atom. The Labute approximate surface area is 144 Å². The van der Waals surface area contributed by atoms with Gasteiger partial charge in [0.1, 0.15) is 6.61 Å². The van der Waals surface area contributed by atoms with Crippen LogP contribution >= 0.6 is 0 Å². The number of amides is 1. The van der Waals surface area contributed by atoms with E-state index in [4.69, 9.17) is 9.47 Å². The molecule has 5 heteroatoms. The number of allylic oxidation sites excluding steroid dienone is 3. The van der Waals surface area contributed by atoms with Crippen LogP contribution in [0.4, 0.5) is 4.79 Å². The first kappa shape index (κ1) is 19.9. The Hall–Kier alpha value is -2.11. The minimum Gasteiger partial charge on any atom is -0.444 e. The lowest BCUT2D eigenvalue weighted by molar-refractivity contribution is -0.103. The number of aliphatic hydroxyl groups is 1. The van der Waals surface area contributed by atoms with Gasteiger partial charge in [-0.3, -0.25) is 5.32 Å². The molecule has 0 saturated heterocycles. The molecule has 0 fully saturated rings. The molecule has 5 nitrogen and oxygen atoms in total. The zero-order valence-electron chi connectivity index (χ0n) is 14.6. The van der Waals surface area contributed by atoms with Crippen LogP contribution < -0.4 is 5.32 Å². The minimum absolute atomic E-state index is 0.0344. The molecule has 0 aliphatic heterocycles. The van der Waals surface area contributed by atoms with Crippen LogP contribution in [0.3, 0.4) is 0 Å². The first-order valence-electron chi connectivity index (χ1n) is 8.17. The average Bonchev–Trinajstić information content (AvgIpc) is 2.54. The fourth-order valence-electron chi connectivity index (χ4n) is 2.15. The molecule has 132 valence electrons. The van der Waals surface area contributed by atoms with Crippen molar-refractivity contribution in [1.29, 1.82) is 0 Å². The van der Waals surface area contributed by atoms with Crippen LogP contribution in [-0.4, -0.2) is 24.1 Å². The van der Waals surface area contributed by atoms with Gasteiger partial charge < -0.3 is 14.6 Å². The van der Waals surface area contributed by atoms with Crippen molar-refractivity contribution in [3.05, 3.63) is 59.8 Å². The predicted molar refractivity (Wildman–Crippen MR) is 94.1 cm³/mol. The smallest absolute Gasteiger partial charge is 0.411 e. The van der Waals surface area contributed by atoms with E-state index in [0.717, 1.165) is 5.56 Å². The number of ether oxygens (including phenoxy) is 2. The highest BCUT2D eigenvalue weighted by atomic mass is 16.6. The molecule has 0 spiro atoms. The normalized spacial score (nSPS) is 14.4. The Morgan fingerprint density at radius 1 is 1.33 bits per heavy atom. The van der Waals surface area contributed by atoms with E-state index in [0.29, 0.717) is 18.7 Å². The summed E-state index contributed by atoms with van der Waals surface area (Å²) >= 11 is 0. The zero-order valence-corrected chi connectivity index (χ0v) is 14.6. The van der Waals surface area contributed by atoms with Crippen LogP contribution in [0, 0.1) is 5.92 Å². The second-order valence-corrected chi connectivity index (χ2v) is 5.43. The molecule has 0 radical (unpaired) electrons. The minimum atomic E-state index is -0.807. The number of rotatable bonds is 9. The van der Waals surface area contributed by atoms with E-state index in [-0.39, 0.29) is 12.5 Å². The summed E-state index contributed by atoms with van der Waals surface area (Å²) in [5, 5.41) is 12.4. The number of carbonyl (C=O) groups excluding carboxylic acids is 1. The van der Waals surface area contributed by atoms with Crippen molar-refractivity contribution in [1.82, 2.24) is 5.32 Å². The molecule has 0 heterocycles. The van der Waals surface area contributed by atoms with Crippen molar-refractivity contribution < 1.29 is 19.4 Å². The Bertz CT molecular complexity index is 540. The summed E-state index contributed by atoms with van der Waals surface area (Å²) in [5.41, 5.74) is 1.56. The highest BCUT2D eigenvalue weighted by Gasteiger charge is 2.10. The molecular weight excluding hydrogens is 306 g/mol. The Kier molecular flexibility index (Phi) is 9.49. The summed E-state index contributed by atoms with van der Waals surface area (Å²) < 4.78 is 10.3. The molecule has 1 aromatic rings. The Balaban J connectivity index is 2.54. The van der Waals surface area contributed by atoms with E-state index in [2.05, 4.69) is 5.32 Å². The largest absolute Gasteiger partial charge is 0.444 e. The maximum atomic E-state index is 11.9. The topological polar surface area (TPSA) is 67.8 Å². The molecule has 0 aliphatic carbocycles. The highest BCUT2D eigenvalue weighted by molar-refractivity contribution is 5.70. The molecule has 1 rings (SSSR count). The number of carbonyl (C=O) groups is 1. The van der Waals surface area contributed by atoms with Gasteiger partial charge in [0.15, 0.2) is 6.29 Å². The second kappa shape index (κ2) is 11.4. The van der Waals surface area contributed by atoms with E-state index >= 15 is 0 Å². The third-order valence-electron chi connectivity index (χ3n) is 3.20. The van der Waals surface area contributed by atoms with Crippen LogP contribution in [-0.2, 0) is 16.1 Å². The molecule has 24 heavy (non-hydrogen) atoms. The number of alkyl carbamates (subject to hydrolysis) is 1. The van der Waals surface area contributed by atoms with Crippen LogP contribution in [0.1, 0.15) is 32.8 Å². The van der Waals surface area contributed by atoms with Crippen molar-refractivity contribution in [2.24, 2.45) is 5.92 Å². The summed E-state index contributed by atoms with van der Waals surface area (Å²) in [4.78, 5) is 11.9. The van der Waals surface area contributed by atoms with Crippen LogP contribution in [0.25, 0.3) is 0 Å². The molecule has 2 unspecified atom stereocenters. The summed E-state index contributed by atoms with van der Waals surface area (Å²) in [5.74, 6) is 0.0344. The van der Waals surface area contributed by atoms with E-state index in [1.165, 1.54) is 0 Å². The molecule has 2 atom stereocenters. The fourth-order valence-corrected chi connectivity index (χ4v) is 2.15. The van der Waals surface area contributed by atoms with Gasteiger partial charge in [-0.05, 0) is 31.4 Å². The summed E-state index contributed by atoms with van der Waals surface area (Å²) in [6.45, 7) is 6.32. The maximum absolute atomic E-state index is 11.9. The van der Waals surface area contributed by atoms with Gasteiger partial charge in [0.25, 0.3) is 0 Å². The summed E-state index contributed by atoms with van der Waals surface area (Å²) in [6.07, 6.45) is 4.61. The Morgan fingerprint density at radius 2 is 2.04 bits per heavy atom. The predicted octanol–water partition coefficient (Wildman–Crippen LogP) is 3.75. The summed E-state index contributed by atoms with van der Waals surface area (Å²) in [7, 11) is 0. The number of nitrogens with one attached hydrogen (secondary N) is 1. The van der Waals surface area contributed by atoms with Gasteiger partial charge in [-0.25, -0.2) is 4.79 Å². The van der Waals surface area contributed by atoms with Gasteiger partial charge >= 0.3 is 6.09 Å². The summed E-state index contributed by atoms with van der Waals surface area (Å²) in [6, 6.07) is 9.50. The number of hydrogen-bond donors (Lipinski definition) is 2. The van der Waals surface area contributed by atoms with Crippen LogP contribution in [0.15, 0.2) is 54.3 Å². The van der Waals surface area contributed by atoms with Crippen molar-refractivity contribution in [3.63, 3.8) is 0 Å². The lowest BCUT2D eigenvalue weighted by Crippen LogP contribution is -2.24. The maximum Gasteiger partial charge on any atom is 0.411 e. The van der Waals surface area contributed by atoms with Gasteiger partial charge in [0.05, 0.1) is 0 Å². The lowest BCUT2D eigenvalue weighted by Gasteiger charge is -2.15. The van der Waals surface area contributed by atoms with Crippen LogP contribution in [0.2, 0.25) is 0 Å². The van der Waals surface area contributed by atoms with E-state index in [9.17, 15) is 9.90 Å². The van der Waals surface area contributed by atoms with E-state index in [1.54, 1.807) is 6.08 Å². The van der Waals surface area contributed by atoms with E-state index in [1.807, 2.05) is 63.3 Å². The third kappa shape index (κ3) is 8.50. The average molecular weight is 333 g/mol. The monoisotopic (exact) mass is 333 g/mol.